The predicted molar refractivity (Wildman–Crippen MR) is 85.8 cm³/mol. The van der Waals surface area contributed by atoms with Crippen molar-refractivity contribution < 1.29 is 18.3 Å². The first-order valence-corrected chi connectivity index (χ1v) is 8.85. The molecule has 1 aromatic carbocycles. The Morgan fingerprint density at radius 3 is 2.33 bits per heavy atom. The highest BCUT2D eigenvalue weighted by Gasteiger charge is 2.21. The monoisotopic (exact) mass is 378 g/mol. The van der Waals surface area contributed by atoms with Gasteiger partial charge in [0.1, 0.15) is 0 Å². The first kappa shape index (κ1) is 17.9. The summed E-state index contributed by atoms with van der Waals surface area (Å²) in [5.41, 5.74) is 0.237. The van der Waals surface area contributed by atoms with E-state index in [1.54, 1.807) is 0 Å². The first-order chi connectivity index (χ1) is 9.81. The molecule has 0 aromatic heterocycles. The van der Waals surface area contributed by atoms with Crippen LogP contribution in [0, 0.1) is 0 Å². The maximum atomic E-state index is 12.3. The predicted octanol–water partition coefficient (Wildman–Crippen LogP) is 2.93. The Bertz CT molecular complexity index is 598. The zero-order valence-corrected chi connectivity index (χ0v) is 14.4. The van der Waals surface area contributed by atoms with Crippen LogP contribution >= 0.6 is 15.9 Å². The largest absolute Gasteiger partial charge is 0.478 e. The van der Waals surface area contributed by atoms with Crippen LogP contribution < -0.4 is 4.72 Å². The molecule has 0 amide bonds. The van der Waals surface area contributed by atoms with Gasteiger partial charge in [-0.1, -0.05) is 13.8 Å². The third-order valence-electron chi connectivity index (χ3n) is 2.73. The lowest BCUT2D eigenvalue weighted by Gasteiger charge is -2.21. The van der Waals surface area contributed by atoms with E-state index in [-0.39, 0.29) is 11.3 Å². The zero-order chi connectivity index (χ0) is 16.0. The number of nitrogens with one attached hydrogen (secondary N) is 1. The Balaban J connectivity index is 3.02. The van der Waals surface area contributed by atoms with Crippen molar-refractivity contribution in [2.45, 2.75) is 26.7 Å². The Kier molecular flexibility index (Phi) is 6.63. The summed E-state index contributed by atoms with van der Waals surface area (Å²) in [5.74, 6) is -1.12. The molecular weight excluding hydrogens is 360 g/mol. The smallest absolute Gasteiger partial charge is 0.336 e. The summed E-state index contributed by atoms with van der Waals surface area (Å²) >= 11 is 3.12. The molecule has 1 aromatic rings. The molecule has 1 rings (SSSR count). The molecule has 0 aliphatic carbocycles. The number of hydrogen-bond acceptors (Lipinski definition) is 3. The van der Waals surface area contributed by atoms with Gasteiger partial charge in [-0.25, -0.2) is 4.79 Å². The van der Waals surface area contributed by atoms with Gasteiger partial charge in [-0.2, -0.15) is 12.7 Å². The minimum absolute atomic E-state index is 0.00716. The minimum atomic E-state index is -3.68. The van der Waals surface area contributed by atoms with E-state index in [4.69, 9.17) is 5.11 Å². The van der Waals surface area contributed by atoms with Crippen molar-refractivity contribution in [2.24, 2.45) is 0 Å². The van der Waals surface area contributed by atoms with Crippen LogP contribution in [0.15, 0.2) is 22.7 Å². The number of nitrogens with zero attached hydrogens (tertiary/aromatic N) is 1. The molecule has 8 heteroatoms. The average Bonchev–Trinajstić information content (AvgIpc) is 2.40. The summed E-state index contributed by atoms with van der Waals surface area (Å²) in [4.78, 5) is 11.1. The van der Waals surface area contributed by atoms with Crippen molar-refractivity contribution in [2.75, 3.05) is 17.8 Å². The van der Waals surface area contributed by atoms with E-state index in [9.17, 15) is 13.2 Å². The third-order valence-corrected chi connectivity index (χ3v) is 4.96. The lowest BCUT2D eigenvalue weighted by atomic mass is 10.2. The van der Waals surface area contributed by atoms with E-state index in [2.05, 4.69) is 20.7 Å². The SMILES string of the molecule is CCCN(CCC)S(=O)(=O)Nc1ccc(Br)c(C(=O)O)c1. The molecule has 2 N–H and O–H groups in total. The lowest BCUT2D eigenvalue weighted by molar-refractivity contribution is 0.0696. The Morgan fingerprint density at radius 1 is 1.29 bits per heavy atom. The number of carboxylic acids is 1. The molecule has 0 radical (unpaired) electrons. The summed E-state index contributed by atoms with van der Waals surface area (Å²) in [6.45, 7) is 4.65. The highest BCUT2D eigenvalue weighted by atomic mass is 79.9. The molecule has 0 aliphatic rings. The normalized spacial score (nSPS) is 11.6. The van der Waals surface area contributed by atoms with E-state index in [1.807, 2.05) is 13.8 Å². The fraction of sp³-hybridized carbons (Fsp3) is 0.462. The van der Waals surface area contributed by atoms with E-state index in [0.29, 0.717) is 30.4 Å². The summed E-state index contributed by atoms with van der Waals surface area (Å²) in [6.07, 6.45) is 1.42. The number of carbonyl (C=O) groups is 1. The zero-order valence-electron chi connectivity index (χ0n) is 12.0. The fourth-order valence-electron chi connectivity index (χ4n) is 1.82. The Labute approximate surface area is 133 Å². The van der Waals surface area contributed by atoms with Gasteiger partial charge in [-0.15, -0.1) is 0 Å². The second kappa shape index (κ2) is 7.77. The van der Waals surface area contributed by atoms with Crippen molar-refractivity contribution in [1.82, 2.24) is 4.31 Å². The van der Waals surface area contributed by atoms with Crippen molar-refractivity contribution in [1.29, 1.82) is 0 Å². The van der Waals surface area contributed by atoms with Gasteiger partial charge in [0.25, 0.3) is 0 Å². The highest BCUT2D eigenvalue weighted by molar-refractivity contribution is 9.10. The quantitative estimate of drug-likeness (QED) is 0.727. The number of carboxylic acid groups (broad SMARTS) is 1. The Morgan fingerprint density at radius 2 is 1.86 bits per heavy atom. The summed E-state index contributed by atoms with van der Waals surface area (Å²) in [6, 6.07) is 4.31. The molecule has 21 heavy (non-hydrogen) atoms. The number of benzene rings is 1. The standard InChI is InChI=1S/C13H19BrN2O4S/c1-3-7-16(8-4-2)21(19,20)15-10-5-6-12(14)11(9-10)13(17)18/h5-6,9,15H,3-4,7-8H2,1-2H3,(H,17,18). The van der Waals surface area contributed by atoms with Gasteiger partial charge in [-0.3, -0.25) is 4.72 Å². The average molecular weight is 379 g/mol. The molecule has 0 aliphatic heterocycles. The molecule has 0 heterocycles. The maximum absolute atomic E-state index is 12.3. The summed E-state index contributed by atoms with van der Waals surface area (Å²) in [5, 5.41) is 9.05. The Hall–Kier alpha value is -1.12. The first-order valence-electron chi connectivity index (χ1n) is 6.62. The van der Waals surface area contributed by atoms with Crippen LogP contribution in [0.2, 0.25) is 0 Å². The van der Waals surface area contributed by atoms with Gasteiger partial charge in [-0.05, 0) is 47.0 Å². The molecule has 0 saturated carbocycles. The molecule has 0 saturated heterocycles. The number of aromatic carboxylic acids is 1. The van der Waals surface area contributed by atoms with Gasteiger partial charge < -0.3 is 5.11 Å². The number of hydrogen-bond donors (Lipinski definition) is 2. The topological polar surface area (TPSA) is 86.7 Å². The van der Waals surface area contributed by atoms with Crippen LogP contribution in [0.3, 0.4) is 0 Å². The highest BCUT2D eigenvalue weighted by Crippen LogP contribution is 2.22. The number of anilines is 1. The maximum Gasteiger partial charge on any atom is 0.336 e. The van der Waals surface area contributed by atoms with E-state index < -0.39 is 16.2 Å². The van der Waals surface area contributed by atoms with E-state index >= 15 is 0 Å². The lowest BCUT2D eigenvalue weighted by Crippen LogP contribution is -2.37. The third kappa shape index (κ3) is 4.98. The number of halogens is 1. The van der Waals surface area contributed by atoms with Gasteiger partial charge >= 0.3 is 16.2 Å². The van der Waals surface area contributed by atoms with E-state index in [0.717, 1.165) is 0 Å². The van der Waals surface area contributed by atoms with Crippen molar-refractivity contribution >= 4 is 37.8 Å². The van der Waals surface area contributed by atoms with Gasteiger partial charge in [0.2, 0.25) is 0 Å². The van der Waals surface area contributed by atoms with Crippen LogP contribution in [0.25, 0.3) is 0 Å². The fourth-order valence-corrected chi connectivity index (χ4v) is 3.63. The van der Waals surface area contributed by atoms with Crippen LogP contribution in [-0.2, 0) is 10.2 Å². The van der Waals surface area contributed by atoms with Crippen molar-refractivity contribution in [3.63, 3.8) is 0 Å². The van der Waals surface area contributed by atoms with Crippen molar-refractivity contribution in [3.05, 3.63) is 28.2 Å². The molecule has 0 atom stereocenters. The molecule has 0 fully saturated rings. The molecule has 118 valence electrons. The molecule has 0 spiro atoms. The summed E-state index contributed by atoms with van der Waals surface area (Å²) in [7, 11) is -3.68. The van der Waals surface area contributed by atoms with Gasteiger partial charge in [0, 0.05) is 17.6 Å². The minimum Gasteiger partial charge on any atom is -0.478 e. The second-order valence-electron chi connectivity index (χ2n) is 4.51. The second-order valence-corrected chi connectivity index (χ2v) is 7.03. The van der Waals surface area contributed by atoms with Crippen LogP contribution in [0.4, 0.5) is 5.69 Å². The molecular formula is C13H19BrN2O4S. The van der Waals surface area contributed by atoms with E-state index in [1.165, 1.54) is 22.5 Å². The van der Waals surface area contributed by atoms with Gasteiger partial charge in [0.05, 0.1) is 11.3 Å². The van der Waals surface area contributed by atoms with Crippen LogP contribution in [0.5, 0.6) is 0 Å². The van der Waals surface area contributed by atoms with Crippen LogP contribution in [0.1, 0.15) is 37.0 Å². The number of rotatable bonds is 8. The summed E-state index contributed by atoms with van der Waals surface area (Å²) < 4.78 is 28.8. The van der Waals surface area contributed by atoms with Crippen LogP contribution in [-0.4, -0.2) is 36.9 Å². The van der Waals surface area contributed by atoms with Gasteiger partial charge in [0.15, 0.2) is 0 Å². The van der Waals surface area contributed by atoms with Crippen molar-refractivity contribution in [3.8, 4) is 0 Å². The molecule has 0 bridgehead atoms. The molecule has 0 unspecified atom stereocenters. The molecule has 6 nitrogen and oxygen atoms in total.